The number of aliphatic hydroxyl groups is 1. The normalized spacial score (nSPS) is 14.2. The van der Waals surface area contributed by atoms with E-state index in [9.17, 15) is 13.2 Å². The minimum absolute atomic E-state index is 0.192. The molecular weight excluding hydrogens is 207 g/mol. The molecule has 15 heavy (non-hydrogen) atoms. The predicted molar refractivity (Wildman–Crippen MR) is 53.7 cm³/mol. The van der Waals surface area contributed by atoms with E-state index in [1.807, 2.05) is 0 Å². The van der Waals surface area contributed by atoms with Crippen LogP contribution in [0.3, 0.4) is 0 Å². The van der Waals surface area contributed by atoms with Gasteiger partial charge in [0.2, 0.25) is 0 Å². The first-order chi connectivity index (χ1) is 6.95. The van der Waals surface area contributed by atoms with Gasteiger partial charge in [0.25, 0.3) is 0 Å². The van der Waals surface area contributed by atoms with Crippen LogP contribution in [0, 0.1) is 0 Å². The summed E-state index contributed by atoms with van der Waals surface area (Å²) >= 11 is 0. The van der Waals surface area contributed by atoms with Gasteiger partial charge in [0.05, 0.1) is 6.42 Å². The highest BCUT2D eigenvalue weighted by atomic mass is 19.4. The summed E-state index contributed by atoms with van der Waals surface area (Å²) in [6, 6.07) is -0.511. The van der Waals surface area contributed by atoms with E-state index in [1.165, 1.54) is 0 Å². The first kappa shape index (κ1) is 14.7. The lowest BCUT2D eigenvalue weighted by Crippen LogP contribution is -2.31. The van der Waals surface area contributed by atoms with Crippen molar-refractivity contribution in [1.29, 1.82) is 0 Å². The van der Waals surface area contributed by atoms with Gasteiger partial charge in [-0.2, -0.15) is 13.2 Å². The third kappa shape index (κ3) is 11.6. The van der Waals surface area contributed by atoms with Crippen molar-refractivity contribution in [2.45, 2.75) is 51.2 Å². The maximum Gasteiger partial charge on any atom is 0.390 e. The predicted octanol–water partition coefficient (Wildman–Crippen LogP) is 2.47. The topological polar surface area (TPSA) is 32.3 Å². The molecule has 0 rings (SSSR count). The van der Waals surface area contributed by atoms with Gasteiger partial charge in [-0.15, -0.1) is 0 Å². The molecule has 0 saturated heterocycles. The second kappa shape index (κ2) is 7.93. The van der Waals surface area contributed by atoms with E-state index in [-0.39, 0.29) is 6.61 Å². The molecule has 0 amide bonds. The lowest BCUT2D eigenvalue weighted by molar-refractivity contribution is -0.139. The lowest BCUT2D eigenvalue weighted by atomic mass is 10.2. The van der Waals surface area contributed by atoms with Gasteiger partial charge in [-0.3, -0.25) is 0 Å². The molecule has 0 bridgehead atoms. The van der Waals surface area contributed by atoms with E-state index in [1.54, 1.807) is 6.92 Å². The molecule has 0 radical (unpaired) electrons. The SMILES string of the molecule is CC(CC(F)(F)F)NCCCCCCO. The van der Waals surface area contributed by atoms with Crippen molar-refractivity contribution in [1.82, 2.24) is 5.32 Å². The highest BCUT2D eigenvalue weighted by Gasteiger charge is 2.29. The summed E-state index contributed by atoms with van der Waals surface area (Å²) in [5.41, 5.74) is 0. The fourth-order valence-corrected chi connectivity index (χ4v) is 1.36. The number of hydrogen-bond donors (Lipinski definition) is 2. The minimum Gasteiger partial charge on any atom is -0.396 e. The molecule has 92 valence electrons. The van der Waals surface area contributed by atoms with E-state index in [0.29, 0.717) is 6.54 Å². The Kier molecular flexibility index (Phi) is 7.78. The zero-order valence-corrected chi connectivity index (χ0v) is 9.11. The molecule has 2 nitrogen and oxygen atoms in total. The second-order valence-electron chi connectivity index (χ2n) is 3.81. The number of halogens is 3. The lowest BCUT2D eigenvalue weighted by Gasteiger charge is -2.15. The number of hydrogen-bond acceptors (Lipinski definition) is 2. The number of unbranched alkanes of at least 4 members (excludes halogenated alkanes) is 3. The molecule has 0 fully saturated rings. The number of nitrogens with one attached hydrogen (secondary N) is 1. The molecule has 0 spiro atoms. The van der Waals surface area contributed by atoms with Gasteiger partial charge in [0.15, 0.2) is 0 Å². The fraction of sp³-hybridized carbons (Fsp3) is 1.00. The maximum absolute atomic E-state index is 11.9. The van der Waals surface area contributed by atoms with Crippen molar-refractivity contribution in [3.05, 3.63) is 0 Å². The van der Waals surface area contributed by atoms with Gasteiger partial charge in [-0.25, -0.2) is 0 Å². The molecule has 2 N–H and O–H groups in total. The van der Waals surface area contributed by atoms with Gasteiger partial charge >= 0.3 is 6.18 Å². The first-order valence-corrected chi connectivity index (χ1v) is 5.36. The van der Waals surface area contributed by atoms with Gasteiger partial charge in [-0.05, 0) is 26.3 Å². The molecule has 0 aliphatic heterocycles. The molecule has 0 aromatic rings. The van der Waals surface area contributed by atoms with Crippen molar-refractivity contribution in [3.63, 3.8) is 0 Å². The van der Waals surface area contributed by atoms with Crippen LogP contribution >= 0.6 is 0 Å². The third-order valence-electron chi connectivity index (χ3n) is 2.12. The van der Waals surface area contributed by atoms with E-state index >= 15 is 0 Å². The van der Waals surface area contributed by atoms with E-state index in [4.69, 9.17) is 5.11 Å². The Bertz CT molecular complexity index is 150. The number of rotatable bonds is 8. The maximum atomic E-state index is 11.9. The Morgan fingerprint density at radius 3 is 2.27 bits per heavy atom. The van der Waals surface area contributed by atoms with Crippen molar-refractivity contribution in [3.8, 4) is 0 Å². The number of alkyl halides is 3. The molecule has 0 aromatic carbocycles. The van der Waals surface area contributed by atoms with Crippen molar-refractivity contribution in [2.75, 3.05) is 13.2 Å². The molecule has 0 heterocycles. The van der Waals surface area contributed by atoms with Crippen LogP contribution in [0.5, 0.6) is 0 Å². The largest absolute Gasteiger partial charge is 0.396 e. The Morgan fingerprint density at radius 1 is 1.13 bits per heavy atom. The highest BCUT2D eigenvalue weighted by molar-refractivity contribution is 4.65. The average molecular weight is 227 g/mol. The van der Waals surface area contributed by atoms with Crippen LogP contribution < -0.4 is 5.32 Å². The van der Waals surface area contributed by atoms with Crippen LogP contribution in [0.4, 0.5) is 13.2 Å². The number of aliphatic hydroxyl groups excluding tert-OH is 1. The molecule has 0 aromatic heterocycles. The van der Waals surface area contributed by atoms with E-state index in [2.05, 4.69) is 5.32 Å². The van der Waals surface area contributed by atoms with Crippen molar-refractivity contribution < 1.29 is 18.3 Å². The Balaban J connectivity index is 3.28. The Labute approximate surface area is 88.9 Å². The van der Waals surface area contributed by atoms with Gasteiger partial charge in [0, 0.05) is 12.6 Å². The van der Waals surface area contributed by atoms with Gasteiger partial charge in [0.1, 0.15) is 0 Å². The van der Waals surface area contributed by atoms with Crippen LogP contribution in [-0.2, 0) is 0 Å². The molecule has 1 unspecified atom stereocenters. The Hall–Kier alpha value is -0.290. The van der Waals surface area contributed by atoms with Gasteiger partial charge < -0.3 is 10.4 Å². The summed E-state index contributed by atoms with van der Waals surface area (Å²) in [6.07, 6.45) is -1.33. The summed E-state index contributed by atoms with van der Waals surface area (Å²) in [7, 11) is 0. The first-order valence-electron chi connectivity index (χ1n) is 5.36. The summed E-state index contributed by atoms with van der Waals surface area (Å²) in [5, 5.41) is 11.3. The van der Waals surface area contributed by atoms with Crippen molar-refractivity contribution >= 4 is 0 Å². The standard InChI is InChI=1S/C10H20F3NO/c1-9(8-10(11,12)13)14-6-4-2-3-5-7-15/h9,14-15H,2-8H2,1H3. The van der Waals surface area contributed by atoms with Crippen LogP contribution in [0.25, 0.3) is 0 Å². The third-order valence-corrected chi connectivity index (χ3v) is 2.12. The van der Waals surface area contributed by atoms with E-state index < -0.39 is 18.6 Å². The van der Waals surface area contributed by atoms with Crippen LogP contribution in [0.15, 0.2) is 0 Å². The zero-order chi connectivity index (χ0) is 11.7. The molecule has 1 atom stereocenters. The Morgan fingerprint density at radius 2 is 1.73 bits per heavy atom. The zero-order valence-electron chi connectivity index (χ0n) is 9.11. The monoisotopic (exact) mass is 227 g/mol. The molecule has 5 heteroatoms. The average Bonchev–Trinajstić information content (AvgIpc) is 2.08. The van der Waals surface area contributed by atoms with Crippen molar-refractivity contribution in [2.24, 2.45) is 0 Å². The summed E-state index contributed by atoms with van der Waals surface area (Å²) in [4.78, 5) is 0. The van der Waals surface area contributed by atoms with Gasteiger partial charge in [-0.1, -0.05) is 12.8 Å². The van der Waals surface area contributed by atoms with Crippen LogP contribution in [0.2, 0.25) is 0 Å². The minimum atomic E-state index is -4.08. The molecule has 0 aliphatic rings. The highest BCUT2D eigenvalue weighted by Crippen LogP contribution is 2.21. The summed E-state index contributed by atoms with van der Waals surface area (Å²) in [5.74, 6) is 0. The molecule has 0 aliphatic carbocycles. The summed E-state index contributed by atoms with van der Waals surface area (Å²) < 4.78 is 35.7. The van der Waals surface area contributed by atoms with Crippen LogP contribution in [-0.4, -0.2) is 30.5 Å². The quantitative estimate of drug-likeness (QED) is 0.624. The molecular formula is C10H20F3NO. The smallest absolute Gasteiger partial charge is 0.390 e. The fourth-order valence-electron chi connectivity index (χ4n) is 1.36. The molecule has 0 saturated carbocycles. The second-order valence-corrected chi connectivity index (χ2v) is 3.81. The van der Waals surface area contributed by atoms with Crippen LogP contribution in [0.1, 0.15) is 39.0 Å². The van der Waals surface area contributed by atoms with E-state index in [0.717, 1.165) is 25.7 Å². The summed E-state index contributed by atoms with van der Waals surface area (Å²) in [6.45, 7) is 2.35.